The Morgan fingerprint density at radius 1 is 1.56 bits per heavy atom. The molecule has 1 aromatic heterocycles. The van der Waals surface area contributed by atoms with Gasteiger partial charge >= 0.3 is 0 Å². The monoisotopic (exact) mass is 251 g/mol. The van der Waals surface area contributed by atoms with Gasteiger partial charge in [0.15, 0.2) is 0 Å². The van der Waals surface area contributed by atoms with E-state index < -0.39 is 5.56 Å². The number of amides is 1. The molecule has 6 heteroatoms. The Hall–Kier alpha value is -1.69. The van der Waals surface area contributed by atoms with Crippen molar-refractivity contribution < 1.29 is 9.90 Å². The summed E-state index contributed by atoms with van der Waals surface area (Å²) >= 11 is 0. The van der Waals surface area contributed by atoms with Gasteiger partial charge in [-0.05, 0) is 32.3 Å². The van der Waals surface area contributed by atoms with Gasteiger partial charge in [0.05, 0.1) is 18.3 Å². The molecule has 2 rings (SSSR count). The predicted octanol–water partition coefficient (Wildman–Crippen LogP) is -0.0164. The van der Waals surface area contributed by atoms with E-state index in [1.165, 1.54) is 0 Å². The topological polar surface area (TPSA) is 86.3 Å². The zero-order chi connectivity index (χ0) is 13.3. The second kappa shape index (κ2) is 4.89. The van der Waals surface area contributed by atoms with Gasteiger partial charge in [-0.25, -0.2) is 5.10 Å². The summed E-state index contributed by atoms with van der Waals surface area (Å²) in [6, 6.07) is -0.176. The van der Waals surface area contributed by atoms with E-state index in [-0.39, 0.29) is 24.1 Å². The van der Waals surface area contributed by atoms with E-state index in [2.05, 4.69) is 10.2 Å². The SMILES string of the molecule is Cc1n[nH]c(=O)c(C(=O)N2CCC[C@H]2CO)c1C. The largest absolute Gasteiger partial charge is 0.394 e. The van der Waals surface area contributed by atoms with E-state index in [1.807, 2.05) is 0 Å². The zero-order valence-electron chi connectivity index (χ0n) is 10.6. The molecule has 0 aromatic carbocycles. The molecule has 0 aliphatic carbocycles. The van der Waals surface area contributed by atoms with Crippen molar-refractivity contribution in [3.8, 4) is 0 Å². The molecule has 0 bridgehead atoms. The second-order valence-electron chi connectivity index (χ2n) is 4.62. The third-order valence-corrected chi connectivity index (χ3v) is 3.53. The Balaban J connectivity index is 2.40. The first-order valence-corrected chi connectivity index (χ1v) is 6.04. The number of hydrogen-bond donors (Lipinski definition) is 2. The first kappa shape index (κ1) is 12.8. The van der Waals surface area contributed by atoms with Gasteiger partial charge in [-0.3, -0.25) is 9.59 Å². The van der Waals surface area contributed by atoms with E-state index in [9.17, 15) is 14.7 Å². The maximum absolute atomic E-state index is 12.4. The molecule has 18 heavy (non-hydrogen) atoms. The van der Waals surface area contributed by atoms with Crippen LogP contribution in [0.25, 0.3) is 0 Å². The third-order valence-electron chi connectivity index (χ3n) is 3.53. The summed E-state index contributed by atoms with van der Waals surface area (Å²) in [5.74, 6) is -0.309. The summed E-state index contributed by atoms with van der Waals surface area (Å²) in [6.45, 7) is 3.99. The molecule has 0 spiro atoms. The Bertz CT molecular complexity index is 524. The van der Waals surface area contributed by atoms with Gasteiger partial charge in [0.25, 0.3) is 11.5 Å². The Labute approximate surface area is 105 Å². The fourth-order valence-electron chi connectivity index (χ4n) is 2.32. The molecular weight excluding hydrogens is 234 g/mol. The highest BCUT2D eigenvalue weighted by molar-refractivity contribution is 5.95. The number of H-pyrrole nitrogens is 1. The van der Waals surface area contributed by atoms with Gasteiger partial charge in [0, 0.05) is 6.54 Å². The number of carbonyl (C=O) groups excluding carboxylic acids is 1. The van der Waals surface area contributed by atoms with Crippen molar-refractivity contribution in [2.75, 3.05) is 13.2 Å². The maximum Gasteiger partial charge on any atom is 0.277 e. The molecule has 1 fully saturated rings. The summed E-state index contributed by atoms with van der Waals surface area (Å²) < 4.78 is 0. The highest BCUT2D eigenvalue weighted by Gasteiger charge is 2.31. The van der Waals surface area contributed by atoms with Crippen LogP contribution in [0.4, 0.5) is 0 Å². The van der Waals surface area contributed by atoms with Gasteiger partial charge in [-0.2, -0.15) is 5.10 Å². The number of likely N-dealkylation sites (tertiary alicyclic amines) is 1. The predicted molar refractivity (Wildman–Crippen MR) is 65.5 cm³/mol. The van der Waals surface area contributed by atoms with Crippen LogP contribution in [0.15, 0.2) is 4.79 Å². The van der Waals surface area contributed by atoms with Crippen molar-refractivity contribution in [1.82, 2.24) is 15.1 Å². The minimum atomic E-state index is -0.466. The lowest BCUT2D eigenvalue weighted by Crippen LogP contribution is -2.40. The minimum absolute atomic E-state index is 0.0627. The van der Waals surface area contributed by atoms with Crippen molar-refractivity contribution in [2.24, 2.45) is 0 Å². The summed E-state index contributed by atoms with van der Waals surface area (Å²) in [7, 11) is 0. The van der Waals surface area contributed by atoms with Crippen molar-refractivity contribution in [3.05, 3.63) is 27.2 Å². The molecule has 0 saturated carbocycles. The number of aliphatic hydroxyl groups is 1. The van der Waals surface area contributed by atoms with Crippen molar-refractivity contribution in [2.45, 2.75) is 32.7 Å². The quantitative estimate of drug-likeness (QED) is 0.773. The van der Waals surface area contributed by atoms with Crippen LogP contribution >= 0.6 is 0 Å². The van der Waals surface area contributed by atoms with Crippen LogP contribution in [0.2, 0.25) is 0 Å². The lowest BCUT2D eigenvalue weighted by Gasteiger charge is -2.23. The number of carbonyl (C=O) groups is 1. The van der Waals surface area contributed by atoms with Gasteiger partial charge in [0.2, 0.25) is 0 Å². The van der Waals surface area contributed by atoms with Crippen molar-refractivity contribution in [1.29, 1.82) is 0 Å². The number of aliphatic hydroxyl groups excluding tert-OH is 1. The maximum atomic E-state index is 12.4. The number of rotatable bonds is 2. The lowest BCUT2D eigenvalue weighted by molar-refractivity contribution is 0.0674. The number of nitrogens with zero attached hydrogens (tertiary/aromatic N) is 2. The van der Waals surface area contributed by atoms with Crippen LogP contribution in [0.5, 0.6) is 0 Å². The van der Waals surface area contributed by atoms with Gasteiger partial charge in [-0.15, -0.1) is 0 Å². The molecule has 1 aliphatic rings. The molecule has 0 radical (unpaired) electrons. The van der Waals surface area contributed by atoms with Crippen LogP contribution in [0, 0.1) is 13.8 Å². The molecular formula is C12H17N3O3. The standard InChI is InChI=1S/C12H17N3O3/c1-7-8(2)13-14-11(17)10(7)12(18)15-5-3-4-9(15)6-16/h9,16H,3-6H2,1-2H3,(H,14,17)/t9-/m0/s1. The molecule has 1 saturated heterocycles. The first-order chi connectivity index (χ1) is 8.56. The average Bonchev–Trinajstić information content (AvgIpc) is 2.82. The van der Waals surface area contributed by atoms with Gasteiger partial charge < -0.3 is 10.0 Å². The van der Waals surface area contributed by atoms with Crippen molar-refractivity contribution in [3.63, 3.8) is 0 Å². The number of aromatic amines is 1. The van der Waals surface area contributed by atoms with Gasteiger partial charge in [-0.1, -0.05) is 0 Å². The fraction of sp³-hybridized carbons (Fsp3) is 0.583. The van der Waals surface area contributed by atoms with Crippen LogP contribution in [0.1, 0.15) is 34.5 Å². The zero-order valence-corrected chi connectivity index (χ0v) is 10.6. The Morgan fingerprint density at radius 3 is 2.94 bits per heavy atom. The molecule has 0 unspecified atom stereocenters. The van der Waals surface area contributed by atoms with Gasteiger partial charge in [0.1, 0.15) is 5.56 Å². The molecule has 2 N–H and O–H groups in total. The first-order valence-electron chi connectivity index (χ1n) is 6.04. The van der Waals surface area contributed by atoms with Crippen LogP contribution in [0.3, 0.4) is 0 Å². The molecule has 2 heterocycles. The number of nitrogens with one attached hydrogen (secondary N) is 1. The van der Waals surface area contributed by atoms with E-state index in [1.54, 1.807) is 18.7 Å². The highest BCUT2D eigenvalue weighted by Crippen LogP contribution is 2.20. The molecule has 1 atom stereocenters. The summed E-state index contributed by atoms with van der Waals surface area (Å²) in [5.41, 5.74) is 0.916. The summed E-state index contributed by atoms with van der Waals surface area (Å²) in [5, 5.41) is 15.4. The van der Waals surface area contributed by atoms with E-state index in [0.717, 1.165) is 12.8 Å². The van der Waals surface area contributed by atoms with E-state index in [4.69, 9.17) is 0 Å². The third kappa shape index (κ3) is 2.03. The van der Waals surface area contributed by atoms with E-state index >= 15 is 0 Å². The molecule has 1 aliphatic heterocycles. The van der Waals surface area contributed by atoms with Crippen LogP contribution in [-0.2, 0) is 0 Å². The van der Waals surface area contributed by atoms with Crippen LogP contribution in [-0.4, -0.2) is 45.3 Å². The lowest BCUT2D eigenvalue weighted by atomic mass is 10.1. The second-order valence-corrected chi connectivity index (χ2v) is 4.62. The highest BCUT2D eigenvalue weighted by atomic mass is 16.3. The molecule has 6 nitrogen and oxygen atoms in total. The molecule has 98 valence electrons. The average molecular weight is 251 g/mol. The molecule has 1 aromatic rings. The summed E-state index contributed by atoms with van der Waals surface area (Å²) in [4.78, 5) is 25.7. The fourth-order valence-corrected chi connectivity index (χ4v) is 2.32. The van der Waals surface area contributed by atoms with Crippen LogP contribution < -0.4 is 5.56 Å². The normalized spacial score (nSPS) is 19.3. The smallest absolute Gasteiger partial charge is 0.277 e. The number of aryl methyl sites for hydroxylation is 1. The van der Waals surface area contributed by atoms with Crippen molar-refractivity contribution >= 4 is 5.91 Å². The Kier molecular flexibility index (Phi) is 3.47. The molecule has 1 amide bonds. The Morgan fingerprint density at radius 2 is 2.28 bits per heavy atom. The summed E-state index contributed by atoms with van der Waals surface area (Å²) in [6.07, 6.45) is 1.64. The number of aromatic nitrogens is 2. The van der Waals surface area contributed by atoms with E-state index in [0.29, 0.717) is 17.8 Å². The number of hydrogen-bond acceptors (Lipinski definition) is 4. The minimum Gasteiger partial charge on any atom is -0.394 e.